The second-order valence-corrected chi connectivity index (χ2v) is 18.9. The van der Waals surface area contributed by atoms with E-state index in [1.165, 1.54) is 0 Å². The maximum atomic E-state index is 12.4. The second kappa shape index (κ2) is 26.3. The maximum absolute atomic E-state index is 12.4. The summed E-state index contributed by atoms with van der Waals surface area (Å²) in [5.41, 5.74) is 5.53. The summed E-state index contributed by atoms with van der Waals surface area (Å²) < 4.78 is 74.6. The molecule has 13 heteroatoms. The number of rotatable bonds is 22. The lowest BCUT2D eigenvalue weighted by Gasteiger charge is -2.50. The van der Waals surface area contributed by atoms with E-state index in [4.69, 9.17) is 52.1 Å². The van der Waals surface area contributed by atoms with Gasteiger partial charge >= 0.3 is 0 Å². The molecule has 15 atom stereocenters. The molecule has 3 aliphatic heterocycles. The summed E-state index contributed by atoms with van der Waals surface area (Å²) in [6.45, 7) is 6.75. The van der Waals surface area contributed by atoms with Crippen LogP contribution < -0.4 is 0 Å². The lowest BCUT2D eigenvalue weighted by atomic mass is 9.95. The van der Waals surface area contributed by atoms with E-state index >= 15 is 0 Å². The highest BCUT2D eigenvalue weighted by Crippen LogP contribution is 2.38. The zero-order chi connectivity index (χ0) is 50.4. The van der Waals surface area contributed by atoms with Gasteiger partial charge in [-0.15, -0.1) is 0 Å². The van der Waals surface area contributed by atoms with Crippen molar-refractivity contribution >= 4 is 0 Å². The van der Waals surface area contributed by atoms with Crippen LogP contribution in [0.1, 0.15) is 54.2 Å². The lowest BCUT2D eigenvalue weighted by molar-refractivity contribution is -0.388. The number of aliphatic hydroxyl groups excluding tert-OH is 2. The topological polar surface area (TPSA) is 142 Å². The fourth-order valence-electron chi connectivity index (χ4n) is 9.62. The minimum atomic E-state index is -1.39. The highest BCUT2D eigenvalue weighted by molar-refractivity contribution is 5.18. The average molecular weight is 997 g/mol. The van der Waals surface area contributed by atoms with E-state index in [0.29, 0.717) is 0 Å². The van der Waals surface area contributed by atoms with E-state index in [9.17, 15) is 10.2 Å². The summed E-state index contributed by atoms with van der Waals surface area (Å²) in [5.74, 6) is 0. The van der Waals surface area contributed by atoms with Gasteiger partial charge in [0, 0.05) is 0 Å². The first-order valence-electron chi connectivity index (χ1n) is 25.3. The average Bonchev–Trinajstić information content (AvgIpc) is 3.42. The second-order valence-electron chi connectivity index (χ2n) is 18.9. The van der Waals surface area contributed by atoms with Crippen molar-refractivity contribution in [3.8, 4) is 0 Å². The van der Waals surface area contributed by atoms with Crippen molar-refractivity contribution < 1.29 is 62.3 Å². The van der Waals surface area contributed by atoms with Crippen molar-refractivity contribution in [2.45, 2.75) is 153 Å². The minimum Gasteiger partial charge on any atom is -0.387 e. The Hall–Kier alpha value is -5.20. The normalized spacial score (nSPS) is 30.5. The molecule has 3 fully saturated rings. The molecule has 386 valence electrons. The minimum absolute atomic E-state index is 0.136. The standard InChI is InChI=1S/C60H68O13/c1-40-50(63-34-43-22-10-4-11-23-43)49(61)53(66-37-46-28-16-7-17-29-46)59(70-40)73-55-52(65-36-45-26-14-6-15-27-45)42(3)71-60(57(55)68-39-48-32-20-9-21-33-48)72-54-51(64-35-44-24-12-5-13-25-44)41(2)69-58(62)56(54)67-38-47-30-18-8-19-31-47/h4-33,40-42,49-62H,34-39H2,1-3H3/t40-,41-,42-,49+,50+,51+,52+,53-,54+,55+,56-,57-,58-,59-,60-/m0/s1. The summed E-state index contributed by atoms with van der Waals surface area (Å²) >= 11 is 0. The Morgan fingerprint density at radius 2 is 0.562 bits per heavy atom. The van der Waals surface area contributed by atoms with Gasteiger partial charge in [-0.25, -0.2) is 0 Å². The maximum Gasteiger partial charge on any atom is 0.187 e. The van der Waals surface area contributed by atoms with Crippen LogP contribution in [-0.4, -0.2) is 102 Å². The monoisotopic (exact) mass is 996 g/mol. The van der Waals surface area contributed by atoms with Crippen molar-refractivity contribution in [1.29, 1.82) is 0 Å². The molecule has 0 spiro atoms. The molecule has 3 saturated heterocycles. The molecule has 6 aromatic carbocycles. The zero-order valence-corrected chi connectivity index (χ0v) is 41.6. The Morgan fingerprint density at radius 1 is 0.301 bits per heavy atom. The summed E-state index contributed by atoms with van der Waals surface area (Å²) in [7, 11) is 0. The molecule has 0 radical (unpaired) electrons. The van der Waals surface area contributed by atoms with Crippen LogP contribution in [0.3, 0.4) is 0 Å². The lowest BCUT2D eigenvalue weighted by Crippen LogP contribution is -2.66. The molecule has 2 N–H and O–H groups in total. The first kappa shape index (κ1) is 52.7. The third-order valence-electron chi connectivity index (χ3n) is 13.5. The SMILES string of the molecule is C[C@@H]1O[C@@H](O[C@H]2[C@H](OCc3ccccc3)[C@H](O[C@@H]3[C@H](OCc4ccccc4)[C@H](C)O[C@H](O)[C@H]3OCc3ccccc3)O[C@@H](C)[C@H]2OCc2ccccc2)[C@@H](OCc2ccccc2)[C@H](O)[C@@H]1OCc1ccccc1. The zero-order valence-electron chi connectivity index (χ0n) is 41.6. The van der Waals surface area contributed by atoms with Gasteiger partial charge in [-0.3, -0.25) is 0 Å². The van der Waals surface area contributed by atoms with Gasteiger partial charge in [0.1, 0.15) is 54.9 Å². The highest BCUT2D eigenvalue weighted by Gasteiger charge is 2.55. The smallest absolute Gasteiger partial charge is 0.187 e. The summed E-state index contributed by atoms with van der Waals surface area (Å²) in [6, 6.07) is 58.7. The summed E-state index contributed by atoms with van der Waals surface area (Å²) in [6.07, 6.45) is -14.3. The number of aliphatic hydroxyl groups is 2. The van der Waals surface area contributed by atoms with Gasteiger partial charge in [-0.2, -0.15) is 0 Å². The van der Waals surface area contributed by atoms with Gasteiger partial charge in [0.25, 0.3) is 0 Å². The predicted octanol–water partition coefficient (Wildman–Crippen LogP) is 8.86. The van der Waals surface area contributed by atoms with Crippen LogP contribution in [0, 0.1) is 0 Å². The Kier molecular flexibility index (Phi) is 19.0. The Morgan fingerprint density at radius 3 is 0.932 bits per heavy atom. The summed E-state index contributed by atoms with van der Waals surface area (Å²) in [5, 5.41) is 24.2. The van der Waals surface area contributed by atoms with E-state index < -0.39 is 92.1 Å². The highest BCUT2D eigenvalue weighted by atomic mass is 16.8. The molecule has 0 aromatic heterocycles. The number of ether oxygens (including phenoxy) is 11. The molecule has 73 heavy (non-hydrogen) atoms. The van der Waals surface area contributed by atoms with Gasteiger partial charge in [-0.05, 0) is 54.2 Å². The van der Waals surface area contributed by atoms with Crippen LogP contribution in [-0.2, 0) is 91.7 Å². The fourth-order valence-corrected chi connectivity index (χ4v) is 9.62. The Labute approximate surface area is 428 Å². The quantitative estimate of drug-likeness (QED) is 0.0670. The first-order chi connectivity index (χ1) is 35.8. The molecule has 3 aliphatic rings. The molecule has 0 bridgehead atoms. The van der Waals surface area contributed by atoms with Crippen LogP contribution in [0.2, 0.25) is 0 Å². The first-order valence-corrected chi connectivity index (χ1v) is 25.3. The third kappa shape index (κ3) is 14.1. The van der Waals surface area contributed by atoms with Gasteiger partial charge < -0.3 is 62.3 Å². The molecular formula is C60H68O13. The van der Waals surface area contributed by atoms with Crippen LogP contribution in [0.5, 0.6) is 0 Å². The van der Waals surface area contributed by atoms with Crippen LogP contribution in [0.25, 0.3) is 0 Å². The van der Waals surface area contributed by atoms with E-state index in [-0.39, 0.29) is 39.6 Å². The summed E-state index contributed by atoms with van der Waals surface area (Å²) in [4.78, 5) is 0. The van der Waals surface area contributed by atoms with Crippen LogP contribution in [0.15, 0.2) is 182 Å². The fraction of sp³-hybridized carbons (Fsp3) is 0.400. The van der Waals surface area contributed by atoms with Crippen LogP contribution >= 0.6 is 0 Å². The molecule has 0 amide bonds. The van der Waals surface area contributed by atoms with Crippen molar-refractivity contribution in [3.05, 3.63) is 215 Å². The molecule has 0 aliphatic carbocycles. The van der Waals surface area contributed by atoms with Crippen molar-refractivity contribution in [2.75, 3.05) is 0 Å². The van der Waals surface area contributed by atoms with Crippen molar-refractivity contribution in [1.82, 2.24) is 0 Å². The van der Waals surface area contributed by atoms with E-state index in [1.54, 1.807) is 0 Å². The molecule has 6 aromatic rings. The largest absolute Gasteiger partial charge is 0.387 e. The van der Waals surface area contributed by atoms with Gasteiger partial charge in [0.15, 0.2) is 18.9 Å². The van der Waals surface area contributed by atoms with Crippen molar-refractivity contribution in [3.63, 3.8) is 0 Å². The Bertz CT molecular complexity index is 2420. The molecule has 3 heterocycles. The van der Waals surface area contributed by atoms with Gasteiger partial charge in [0.2, 0.25) is 0 Å². The Balaban J connectivity index is 1.07. The van der Waals surface area contributed by atoms with E-state index in [1.807, 2.05) is 203 Å². The molecule has 0 unspecified atom stereocenters. The molecule has 13 nitrogen and oxygen atoms in total. The number of hydrogen-bond acceptors (Lipinski definition) is 13. The molecule has 9 rings (SSSR count). The van der Waals surface area contributed by atoms with Crippen molar-refractivity contribution in [2.24, 2.45) is 0 Å². The van der Waals surface area contributed by atoms with Gasteiger partial charge in [0.05, 0.1) is 58.0 Å². The number of benzene rings is 6. The van der Waals surface area contributed by atoms with Crippen LogP contribution in [0.4, 0.5) is 0 Å². The van der Waals surface area contributed by atoms with Gasteiger partial charge in [-0.1, -0.05) is 182 Å². The molecular weight excluding hydrogens is 929 g/mol. The molecule has 0 saturated carbocycles. The third-order valence-corrected chi connectivity index (χ3v) is 13.5. The van der Waals surface area contributed by atoms with E-state index in [0.717, 1.165) is 33.4 Å². The van der Waals surface area contributed by atoms with E-state index in [2.05, 4.69) is 0 Å². The number of hydrogen-bond donors (Lipinski definition) is 2. The predicted molar refractivity (Wildman–Crippen MR) is 271 cm³/mol.